The molecule has 3 nitrogen and oxygen atoms in total. The molecular weight excluding hydrogens is 335 g/mol. The minimum Gasteiger partial charge on any atom is -0.338 e. The molecule has 2 heterocycles. The van der Waals surface area contributed by atoms with Crippen LogP contribution in [0.3, 0.4) is 0 Å². The van der Waals surface area contributed by atoms with E-state index in [9.17, 15) is 9.18 Å². The van der Waals surface area contributed by atoms with Gasteiger partial charge in [0, 0.05) is 19.1 Å². The Morgan fingerprint density at radius 3 is 2.95 bits per heavy atom. The van der Waals surface area contributed by atoms with Crippen molar-refractivity contribution in [2.45, 2.75) is 31.7 Å². The van der Waals surface area contributed by atoms with Gasteiger partial charge in [-0.3, -0.25) is 4.79 Å². The zero-order valence-electron chi connectivity index (χ0n) is 11.9. The molecule has 114 valence electrons. The highest BCUT2D eigenvalue weighted by molar-refractivity contribution is 9.10. The lowest BCUT2D eigenvalue weighted by Crippen LogP contribution is -2.46. The Morgan fingerprint density at radius 2 is 2.19 bits per heavy atom. The summed E-state index contributed by atoms with van der Waals surface area (Å²) in [4.78, 5) is 14.4. The maximum absolute atomic E-state index is 14.1. The van der Waals surface area contributed by atoms with Gasteiger partial charge < -0.3 is 10.2 Å². The Hall–Kier alpha value is -0.940. The highest BCUT2D eigenvalue weighted by Crippen LogP contribution is 2.27. The third kappa shape index (κ3) is 3.14. The molecule has 2 fully saturated rings. The van der Waals surface area contributed by atoms with E-state index in [1.165, 1.54) is 12.8 Å². The third-order valence-electron chi connectivity index (χ3n) is 4.59. The molecule has 0 radical (unpaired) electrons. The van der Waals surface area contributed by atoms with Crippen LogP contribution in [0.5, 0.6) is 0 Å². The first kappa shape index (κ1) is 15.0. The van der Waals surface area contributed by atoms with Gasteiger partial charge in [-0.05, 0) is 66.2 Å². The minimum absolute atomic E-state index is 0.171. The number of likely N-dealkylation sites (tertiary alicyclic amines) is 1. The fourth-order valence-corrected chi connectivity index (χ4v) is 3.84. The molecular formula is C16H20BrFN2O. The normalized spacial score (nSPS) is 26.1. The molecule has 2 atom stereocenters. The van der Waals surface area contributed by atoms with Gasteiger partial charge in [-0.25, -0.2) is 4.39 Å². The van der Waals surface area contributed by atoms with Crippen molar-refractivity contribution < 1.29 is 9.18 Å². The van der Waals surface area contributed by atoms with Gasteiger partial charge in [0.05, 0.1) is 10.0 Å². The topological polar surface area (TPSA) is 32.3 Å². The van der Waals surface area contributed by atoms with Crippen LogP contribution in [0.4, 0.5) is 4.39 Å². The number of benzene rings is 1. The number of nitrogens with zero attached hydrogens (tertiary/aromatic N) is 1. The zero-order chi connectivity index (χ0) is 14.8. The van der Waals surface area contributed by atoms with E-state index in [1.807, 2.05) is 4.90 Å². The molecule has 2 saturated heterocycles. The van der Waals surface area contributed by atoms with Crippen molar-refractivity contribution in [3.63, 3.8) is 0 Å². The zero-order valence-corrected chi connectivity index (χ0v) is 13.5. The van der Waals surface area contributed by atoms with Gasteiger partial charge in [0.2, 0.25) is 0 Å². The third-order valence-corrected chi connectivity index (χ3v) is 5.21. The first-order valence-electron chi connectivity index (χ1n) is 7.63. The first-order chi connectivity index (χ1) is 10.2. The van der Waals surface area contributed by atoms with Gasteiger partial charge in [-0.2, -0.15) is 0 Å². The fourth-order valence-electron chi connectivity index (χ4n) is 3.48. The van der Waals surface area contributed by atoms with Crippen LogP contribution in [0.25, 0.3) is 0 Å². The Labute approximate surface area is 133 Å². The van der Waals surface area contributed by atoms with Crippen molar-refractivity contribution >= 4 is 21.8 Å². The SMILES string of the molecule is O=C(c1cccc(Br)c1F)N1CCCC(C2CCCN2)C1. The molecule has 3 rings (SSSR count). The van der Waals surface area contributed by atoms with E-state index in [0.717, 1.165) is 32.5 Å². The average molecular weight is 355 g/mol. The van der Waals surface area contributed by atoms with Crippen LogP contribution < -0.4 is 5.32 Å². The molecule has 1 aromatic carbocycles. The highest BCUT2D eigenvalue weighted by atomic mass is 79.9. The average Bonchev–Trinajstić information content (AvgIpc) is 3.04. The molecule has 21 heavy (non-hydrogen) atoms. The summed E-state index contributed by atoms with van der Waals surface area (Å²) in [5.74, 6) is -0.138. The van der Waals surface area contributed by atoms with Crippen LogP contribution >= 0.6 is 15.9 Å². The van der Waals surface area contributed by atoms with Crippen molar-refractivity contribution in [2.75, 3.05) is 19.6 Å². The maximum atomic E-state index is 14.1. The number of amides is 1. The summed E-state index contributed by atoms with van der Waals surface area (Å²) in [5, 5.41) is 3.53. The Kier molecular flexibility index (Phi) is 4.60. The van der Waals surface area contributed by atoms with Crippen LogP contribution in [0.15, 0.2) is 22.7 Å². The molecule has 1 amide bonds. The number of halogens is 2. The van der Waals surface area contributed by atoms with Crippen molar-refractivity contribution in [3.05, 3.63) is 34.1 Å². The van der Waals surface area contributed by atoms with E-state index >= 15 is 0 Å². The van der Waals surface area contributed by atoms with E-state index in [-0.39, 0.29) is 11.5 Å². The number of piperidine rings is 1. The molecule has 1 N–H and O–H groups in total. The van der Waals surface area contributed by atoms with Crippen LogP contribution in [0.2, 0.25) is 0 Å². The molecule has 0 spiro atoms. The van der Waals surface area contributed by atoms with Gasteiger partial charge in [-0.1, -0.05) is 6.07 Å². The number of carbonyl (C=O) groups excluding carboxylic acids is 1. The van der Waals surface area contributed by atoms with E-state index in [1.54, 1.807) is 18.2 Å². The van der Waals surface area contributed by atoms with Gasteiger partial charge in [-0.15, -0.1) is 0 Å². The second-order valence-electron chi connectivity index (χ2n) is 5.96. The van der Waals surface area contributed by atoms with Crippen molar-refractivity contribution in [1.82, 2.24) is 10.2 Å². The van der Waals surface area contributed by atoms with Crippen molar-refractivity contribution in [1.29, 1.82) is 0 Å². The van der Waals surface area contributed by atoms with E-state index < -0.39 is 5.82 Å². The molecule has 2 unspecified atom stereocenters. The summed E-state index contributed by atoms with van der Waals surface area (Å²) in [7, 11) is 0. The summed E-state index contributed by atoms with van der Waals surface area (Å²) in [6.07, 6.45) is 4.57. The van der Waals surface area contributed by atoms with E-state index in [4.69, 9.17) is 0 Å². The summed E-state index contributed by atoms with van der Waals surface area (Å²) >= 11 is 3.15. The molecule has 1 aromatic rings. The van der Waals surface area contributed by atoms with Gasteiger partial charge >= 0.3 is 0 Å². The Morgan fingerprint density at radius 1 is 1.33 bits per heavy atom. The summed E-state index contributed by atoms with van der Waals surface area (Å²) in [6, 6.07) is 5.42. The molecule has 0 aliphatic carbocycles. The van der Waals surface area contributed by atoms with E-state index in [2.05, 4.69) is 21.2 Å². The summed E-state index contributed by atoms with van der Waals surface area (Å²) < 4.78 is 14.4. The quantitative estimate of drug-likeness (QED) is 0.884. The van der Waals surface area contributed by atoms with Crippen molar-refractivity contribution in [3.8, 4) is 0 Å². The molecule has 5 heteroatoms. The van der Waals surface area contributed by atoms with Crippen LogP contribution in [0, 0.1) is 11.7 Å². The number of nitrogens with one attached hydrogen (secondary N) is 1. The molecule has 2 aliphatic heterocycles. The minimum atomic E-state index is -0.455. The summed E-state index contributed by atoms with van der Waals surface area (Å²) in [5.41, 5.74) is 0.171. The first-order valence-corrected chi connectivity index (χ1v) is 8.43. The highest BCUT2D eigenvalue weighted by Gasteiger charge is 2.32. The smallest absolute Gasteiger partial charge is 0.256 e. The summed E-state index contributed by atoms with van der Waals surface area (Å²) in [6.45, 7) is 2.55. The monoisotopic (exact) mass is 354 g/mol. The van der Waals surface area contributed by atoms with E-state index in [0.29, 0.717) is 16.4 Å². The molecule has 0 aromatic heterocycles. The predicted molar refractivity (Wildman–Crippen MR) is 83.8 cm³/mol. The fraction of sp³-hybridized carbons (Fsp3) is 0.562. The standard InChI is InChI=1S/C16H20BrFN2O/c17-13-6-1-5-12(15(13)18)16(21)20-9-3-4-11(10-20)14-7-2-8-19-14/h1,5-6,11,14,19H,2-4,7-10H2. The molecule has 0 bridgehead atoms. The number of hydrogen-bond donors (Lipinski definition) is 1. The number of rotatable bonds is 2. The Balaban J connectivity index is 1.73. The van der Waals surface area contributed by atoms with Crippen molar-refractivity contribution in [2.24, 2.45) is 5.92 Å². The lowest BCUT2D eigenvalue weighted by atomic mass is 9.89. The van der Waals surface area contributed by atoms with Gasteiger partial charge in [0.15, 0.2) is 0 Å². The predicted octanol–water partition coefficient (Wildman–Crippen LogP) is 3.19. The van der Waals surface area contributed by atoms with Crippen LogP contribution in [-0.2, 0) is 0 Å². The Bertz CT molecular complexity index is 531. The lowest BCUT2D eigenvalue weighted by molar-refractivity contribution is 0.0646. The maximum Gasteiger partial charge on any atom is 0.256 e. The number of hydrogen-bond acceptors (Lipinski definition) is 2. The largest absolute Gasteiger partial charge is 0.338 e. The van der Waals surface area contributed by atoms with Crippen LogP contribution in [0.1, 0.15) is 36.0 Å². The second-order valence-corrected chi connectivity index (χ2v) is 6.81. The second kappa shape index (κ2) is 6.44. The lowest BCUT2D eigenvalue weighted by Gasteiger charge is -2.36. The molecule has 2 aliphatic rings. The van der Waals surface area contributed by atoms with Gasteiger partial charge in [0.1, 0.15) is 5.82 Å². The van der Waals surface area contributed by atoms with Gasteiger partial charge in [0.25, 0.3) is 5.91 Å². The number of carbonyl (C=O) groups is 1. The molecule has 0 saturated carbocycles. The van der Waals surface area contributed by atoms with Crippen LogP contribution in [-0.4, -0.2) is 36.5 Å².